The van der Waals surface area contributed by atoms with E-state index in [1.807, 2.05) is 32.4 Å². The summed E-state index contributed by atoms with van der Waals surface area (Å²) in [5.74, 6) is -0.103. The molecule has 1 atom stereocenters. The van der Waals surface area contributed by atoms with Crippen LogP contribution in [0.2, 0.25) is 5.02 Å². The predicted octanol–water partition coefficient (Wildman–Crippen LogP) is 3.46. The van der Waals surface area contributed by atoms with E-state index in [0.717, 1.165) is 24.4 Å². The topological polar surface area (TPSA) is 55.1 Å². The van der Waals surface area contributed by atoms with Gasteiger partial charge in [-0.15, -0.1) is 11.8 Å². The predicted molar refractivity (Wildman–Crippen MR) is 79.8 cm³/mol. The average molecular weight is 305 g/mol. The molecule has 6 heteroatoms. The van der Waals surface area contributed by atoms with E-state index in [1.54, 1.807) is 0 Å². The molecule has 108 valence electrons. The van der Waals surface area contributed by atoms with Crippen LogP contribution in [0.15, 0.2) is 0 Å². The standard InChI is InChI=1S/C13H21ClN2O2S/c1-5-9-11(14)10(16(6-2)15-9)7-19-12(8(3)4)13(17)18/h8,12H,5-7H2,1-4H3,(H,17,18). The summed E-state index contributed by atoms with van der Waals surface area (Å²) in [6, 6.07) is 0. The third kappa shape index (κ3) is 3.89. The summed E-state index contributed by atoms with van der Waals surface area (Å²) in [6.07, 6.45) is 0.788. The van der Waals surface area contributed by atoms with Gasteiger partial charge in [-0.3, -0.25) is 9.48 Å². The van der Waals surface area contributed by atoms with Crippen LogP contribution in [0.5, 0.6) is 0 Å². The first-order valence-electron chi connectivity index (χ1n) is 6.50. The number of carbonyl (C=O) groups is 1. The third-order valence-electron chi connectivity index (χ3n) is 2.94. The number of aryl methyl sites for hydroxylation is 2. The van der Waals surface area contributed by atoms with Crippen molar-refractivity contribution in [3.8, 4) is 0 Å². The van der Waals surface area contributed by atoms with Gasteiger partial charge in [-0.25, -0.2) is 0 Å². The molecule has 0 aliphatic rings. The number of nitrogens with zero attached hydrogens (tertiary/aromatic N) is 2. The Morgan fingerprint density at radius 2 is 2.11 bits per heavy atom. The molecule has 0 saturated heterocycles. The molecule has 0 bridgehead atoms. The van der Waals surface area contributed by atoms with E-state index in [0.29, 0.717) is 10.8 Å². The summed E-state index contributed by atoms with van der Waals surface area (Å²) < 4.78 is 1.87. The number of carboxylic acids is 1. The molecular formula is C13H21ClN2O2S. The first-order chi connectivity index (χ1) is 8.92. The van der Waals surface area contributed by atoms with E-state index < -0.39 is 11.2 Å². The lowest BCUT2D eigenvalue weighted by Gasteiger charge is -2.16. The fourth-order valence-electron chi connectivity index (χ4n) is 1.87. The molecule has 0 fully saturated rings. The summed E-state index contributed by atoms with van der Waals surface area (Å²) in [5.41, 5.74) is 1.81. The van der Waals surface area contributed by atoms with Gasteiger partial charge in [0.05, 0.1) is 16.4 Å². The highest BCUT2D eigenvalue weighted by Gasteiger charge is 2.24. The number of rotatable bonds is 7. The van der Waals surface area contributed by atoms with Crippen LogP contribution in [0, 0.1) is 5.92 Å². The molecule has 1 unspecified atom stereocenters. The van der Waals surface area contributed by atoms with Gasteiger partial charge in [-0.1, -0.05) is 32.4 Å². The summed E-state index contributed by atoms with van der Waals surface area (Å²) in [7, 11) is 0. The zero-order valence-electron chi connectivity index (χ0n) is 11.8. The zero-order valence-corrected chi connectivity index (χ0v) is 13.4. The van der Waals surface area contributed by atoms with E-state index in [1.165, 1.54) is 11.8 Å². The van der Waals surface area contributed by atoms with Crippen LogP contribution in [0.1, 0.15) is 39.1 Å². The van der Waals surface area contributed by atoms with Crippen molar-refractivity contribution in [1.82, 2.24) is 9.78 Å². The second kappa shape index (κ2) is 7.20. The number of hydrogen-bond donors (Lipinski definition) is 1. The Balaban J connectivity index is 2.87. The van der Waals surface area contributed by atoms with Gasteiger partial charge in [0.2, 0.25) is 0 Å². The van der Waals surface area contributed by atoms with Crippen LogP contribution in [0.3, 0.4) is 0 Å². The molecule has 1 N–H and O–H groups in total. The van der Waals surface area contributed by atoms with Crippen LogP contribution < -0.4 is 0 Å². The maximum atomic E-state index is 11.2. The van der Waals surface area contributed by atoms with Gasteiger partial charge >= 0.3 is 5.97 Å². The van der Waals surface area contributed by atoms with Gasteiger partial charge in [0, 0.05) is 12.3 Å². The Morgan fingerprint density at radius 3 is 2.53 bits per heavy atom. The van der Waals surface area contributed by atoms with Crippen molar-refractivity contribution >= 4 is 29.3 Å². The average Bonchev–Trinajstić information content (AvgIpc) is 2.65. The molecule has 0 amide bonds. The van der Waals surface area contributed by atoms with Gasteiger partial charge in [0.15, 0.2) is 0 Å². The molecule has 0 saturated carbocycles. The second-order valence-corrected chi connectivity index (χ2v) is 6.20. The number of halogens is 1. The van der Waals surface area contributed by atoms with Crippen molar-refractivity contribution in [2.75, 3.05) is 0 Å². The summed E-state index contributed by atoms with van der Waals surface area (Å²) in [6.45, 7) is 8.60. The fraction of sp³-hybridized carbons (Fsp3) is 0.692. The molecule has 0 radical (unpaired) electrons. The maximum absolute atomic E-state index is 11.2. The first-order valence-corrected chi connectivity index (χ1v) is 7.93. The van der Waals surface area contributed by atoms with Crippen LogP contribution in [-0.2, 0) is 23.5 Å². The third-order valence-corrected chi connectivity index (χ3v) is 4.92. The lowest BCUT2D eigenvalue weighted by atomic mass is 10.1. The molecule has 0 aliphatic carbocycles. The highest BCUT2D eigenvalue weighted by atomic mass is 35.5. The van der Waals surface area contributed by atoms with E-state index in [4.69, 9.17) is 11.6 Å². The van der Waals surface area contributed by atoms with Crippen molar-refractivity contribution in [1.29, 1.82) is 0 Å². The zero-order chi connectivity index (χ0) is 14.6. The van der Waals surface area contributed by atoms with E-state index in [-0.39, 0.29) is 5.92 Å². The van der Waals surface area contributed by atoms with Crippen LogP contribution in [0.25, 0.3) is 0 Å². The van der Waals surface area contributed by atoms with Gasteiger partial charge in [0.25, 0.3) is 0 Å². The number of carboxylic acid groups (broad SMARTS) is 1. The molecule has 0 aliphatic heterocycles. The number of hydrogen-bond acceptors (Lipinski definition) is 3. The van der Waals surface area contributed by atoms with E-state index in [9.17, 15) is 9.90 Å². The van der Waals surface area contributed by atoms with Gasteiger partial charge in [-0.05, 0) is 19.3 Å². The lowest BCUT2D eigenvalue weighted by molar-refractivity contribution is -0.137. The van der Waals surface area contributed by atoms with Crippen molar-refractivity contribution in [2.45, 2.75) is 51.7 Å². The fourth-order valence-corrected chi connectivity index (χ4v) is 3.45. The monoisotopic (exact) mass is 304 g/mol. The molecular weight excluding hydrogens is 284 g/mol. The smallest absolute Gasteiger partial charge is 0.316 e. The first kappa shape index (κ1) is 16.4. The quantitative estimate of drug-likeness (QED) is 0.838. The van der Waals surface area contributed by atoms with E-state index >= 15 is 0 Å². The van der Waals surface area contributed by atoms with E-state index in [2.05, 4.69) is 5.10 Å². The normalized spacial score (nSPS) is 12.9. The molecule has 19 heavy (non-hydrogen) atoms. The van der Waals surface area contributed by atoms with Gasteiger partial charge in [0.1, 0.15) is 5.25 Å². The van der Waals surface area contributed by atoms with Crippen LogP contribution >= 0.6 is 23.4 Å². The van der Waals surface area contributed by atoms with Crippen molar-refractivity contribution < 1.29 is 9.90 Å². The minimum atomic E-state index is -0.769. The summed E-state index contributed by atoms with van der Waals surface area (Å²) in [5, 5.41) is 13.9. The highest BCUT2D eigenvalue weighted by Crippen LogP contribution is 2.29. The number of aromatic nitrogens is 2. The summed E-state index contributed by atoms with van der Waals surface area (Å²) >= 11 is 7.72. The molecule has 1 rings (SSSR count). The second-order valence-electron chi connectivity index (χ2n) is 4.69. The SMILES string of the molecule is CCc1nn(CC)c(CSC(C(=O)O)C(C)C)c1Cl. The molecule has 1 heterocycles. The lowest BCUT2D eigenvalue weighted by Crippen LogP contribution is -2.23. The van der Waals surface area contributed by atoms with Crippen molar-refractivity contribution in [3.05, 3.63) is 16.4 Å². The number of thioether (sulfide) groups is 1. The molecule has 1 aromatic rings. The Bertz CT molecular complexity index is 446. The molecule has 1 aromatic heterocycles. The highest BCUT2D eigenvalue weighted by molar-refractivity contribution is 7.99. The molecule has 4 nitrogen and oxygen atoms in total. The molecule has 0 spiro atoms. The van der Waals surface area contributed by atoms with Crippen molar-refractivity contribution in [2.24, 2.45) is 5.92 Å². The van der Waals surface area contributed by atoms with Gasteiger partial charge < -0.3 is 5.11 Å². The Hall–Kier alpha value is -0.680. The van der Waals surface area contributed by atoms with Crippen LogP contribution in [-0.4, -0.2) is 26.1 Å². The Morgan fingerprint density at radius 1 is 1.47 bits per heavy atom. The number of aliphatic carboxylic acids is 1. The van der Waals surface area contributed by atoms with Crippen LogP contribution in [0.4, 0.5) is 0 Å². The summed E-state index contributed by atoms with van der Waals surface area (Å²) in [4.78, 5) is 11.2. The Labute approximate surface area is 123 Å². The largest absolute Gasteiger partial charge is 0.480 e. The maximum Gasteiger partial charge on any atom is 0.316 e. The van der Waals surface area contributed by atoms with Gasteiger partial charge in [-0.2, -0.15) is 5.10 Å². The van der Waals surface area contributed by atoms with Crippen molar-refractivity contribution in [3.63, 3.8) is 0 Å². The minimum Gasteiger partial charge on any atom is -0.480 e. The minimum absolute atomic E-state index is 0.0879. The molecule has 0 aromatic carbocycles. The Kier molecular flexibility index (Phi) is 6.20.